The summed E-state index contributed by atoms with van der Waals surface area (Å²) in [6, 6.07) is 8.44. The molecule has 1 unspecified atom stereocenters. The fourth-order valence-corrected chi connectivity index (χ4v) is 4.53. The summed E-state index contributed by atoms with van der Waals surface area (Å²) in [4.78, 5) is 25.7. The van der Waals surface area contributed by atoms with Crippen LogP contribution in [0.3, 0.4) is 0 Å². The van der Waals surface area contributed by atoms with Gasteiger partial charge in [0.25, 0.3) is 0 Å². The van der Waals surface area contributed by atoms with Gasteiger partial charge in [-0.25, -0.2) is 19.2 Å². The number of hydrogen-bond acceptors (Lipinski definition) is 7. The molecule has 5 rings (SSSR count). The van der Waals surface area contributed by atoms with E-state index in [1.54, 1.807) is 35.5 Å². The third-order valence-electron chi connectivity index (χ3n) is 6.13. The molecule has 1 atom stereocenters. The Hall–Kier alpha value is -4.08. The van der Waals surface area contributed by atoms with Gasteiger partial charge in [0, 0.05) is 43.0 Å². The maximum absolute atomic E-state index is 15.0. The predicted molar refractivity (Wildman–Crippen MR) is 134 cm³/mol. The standard InChI is InChI=1S/C26H28FN7O2/c1-17-14-32(25(35)36-26(2,3)4)11-12-33(17)23-22-20(19-7-5-6-8-21(19)27)15-34(24(22)29-16-28-23)18-9-10-30-31-13-18/h5-10,13,15-17H,11-12,14H2,1-4H3. The third-order valence-corrected chi connectivity index (χ3v) is 6.13. The minimum absolute atomic E-state index is 0.0521. The molecule has 0 spiro atoms. The highest BCUT2D eigenvalue weighted by molar-refractivity contribution is 6.02. The minimum atomic E-state index is -0.560. The number of hydrogen-bond donors (Lipinski definition) is 0. The monoisotopic (exact) mass is 489 g/mol. The summed E-state index contributed by atoms with van der Waals surface area (Å²) >= 11 is 0. The van der Waals surface area contributed by atoms with Crippen LogP contribution >= 0.6 is 0 Å². The van der Waals surface area contributed by atoms with Crippen LogP contribution in [0.15, 0.2) is 55.2 Å². The van der Waals surface area contributed by atoms with Crippen molar-refractivity contribution in [3.63, 3.8) is 0 Å². The highest BCUT2D eigenvalue weighted by Gasteiger charge is 2.32. The Labute approximate surface area is 208 Å². The van der Waals surface area contributed by atoms with Gasteiger partial charge in [-0.3, -0.25) is 4.57 Å². The van der Waals surface area contributed by atoms with Crippen molar-refractivity contribution in [3.05, 3.63) is 61.1 Å². The van der Waals surface area contributed by atoms with Crippen molar-refractivity contribution >= 4 is 22.9 Å². The quantitative estimate of drug-likeness (QED) is 0.420. The SMILES string of the molecule is CC1CN(C(=O)OC(C)(C)C)CCN1c1ncnc2c1c(-c1ccccc1F)cn2-c1ccnnc1. The van der Waals surface area contributed by atoms with Crippen LogP contribution in [-0.2, 0) is 4.74 Å². The van der Waals surface area contributed by atoms with Crippen LogP contribution in [0, 0.1) is 5.82 Å². The zero-order chi connectivity index (χ0) is 25.4. The van der Waals surface area contributed by atoms with Crippen molar-refractivity contribution in [2.45, 2.75) is 39.3 Å². The average molecular weight is 490 g/mol. The van der Waals surface area contributed by atoms with E-state index in [2.05, 4.69) is 25.1 Å². The molecule has 1 aliphatic rings. The molecule has 10 heteroatoms. The van der Waals surface area contributed by atoms with Gasteiger partial charge in [0.05, 0.1) is 23.5 Å². The van der Waals surface area contributed by atoms with Gasteiger partial charge in [0.1, 0.15) is 23.6 Å². The van der Waals surface area contributed by atoms with E-state index in [0.717, 1.165) is 11.1 Å². The molecule has 4 aromatic rings. The smallest absolute Gasteiger partial charge is 0.410 e. The van der Waals surface area contributed by atoms with Crippen molar-refractivity contribution in [1.82, 2.24) is 29.6 Å². The van der Waals surface area contributed by atoms with Gasteiger partial charge in [-0.15, -0.1) is 0 Å². The Kier molecular flexibility index (Phi) is 6.03. The first-order chi connectivity index (χ1) is 17.2. The van der Waals surface area contributed by atoms with Gasteiger partial charge in [0.2, 0.25) is 0 Å². The van der Waals surface area contributed by atoms with Crippen LogP contribution in [0.2, 0.25) is 0 Å². The van der Waals surface area contributed by atoms with E-state index < -0.39 is 5.60 Å². The first-order valence-corrected chi connectivity index (χ1v) is 11.9. The fourth-order valence-electron chi connectivity index (χ4n) is 4.53. The van der Waals surface area contributed by atoms with Crippen molar-refractivity contribution in [1.29, 1.82) is 0 Å². The molecule has 0 N–H and O–H groups in total. The Morgan fingerprint density at radius 1 is 1.08 bits per heavy atom. The number of carbonyl (C=O) groups is 1. The Morgan fingerprint density at radius 2 is 1.89 bits per heavy atom. The number of anilines is 1. The summed E-state index contributed by atoms with van der Waals surface area (Å²) in [6.07, 6.45) is 6.28. The molecule has 1 amide bonds. The van der Waals surface area contributed by atoms with Gasteiger partial charge < -0.3 is 14.5 Å². The summed E-state index contributed by atoms with van der Waals surface area (Å²) in [6.45, 7) is 9.11. The second kappa shape index (κ2) is 9.18. The Balaban J connectivity index is 1.59. The van der Waals surface area contributed by atoms with Crippen LogP contribution < -0.4 is 4.90 Å². The lowest BCUT2D eigenvalue weighted by Gasteiger charge is -2.41. The normalized spacial score (nSPS) is 16.4. The van der Waals surface area contributed by atoms with Crippen molar-refractivity contribution in [3.8, 4) is 16.8 Å². The molecule has 0 radical (unpaired) electrons. The zero-order valence-electron chi connectivity index (χ0n) is 20.7. The Bertz CT molecular complexity index is 1400. The van der Waals surface area contributed by atoms with E-state index >= 15 is 0 Å². The maximum Gasteiger partial charge on any atom is 0.410 e. The van der Waals surface area contributed by atoms with E-state index in [1.807, 2.05) is 44.5 Å². The molecule has 0 saturated carbocycles. The topological polar surface area (TPSA) is 89.3 Å². The second-order valence-corrected chi connectivity index (χ2v) is 9.86. The summed E-state index contributed by atoms with van der Waals surface area (Å²) < 4.78 is 22.4. The summed E-state index contributed by atoms with van der Waals surface area (Å²) in [5.74, 6) is 0.359. The average Bonchev–Trinajstić information content (AvgIpc) is 3.24. The van der Waals surface area contributed by atoms with Crippen LogP contribution in [0.1, 0.15) is 27.7 Å². The molecular weight excluding hydrogens is 461 g/mol. The van der Waals surface area contributed by atoms with Crippen molar-refractivity contribution < 1.29 is 13.9 Å². The maximum atomic E-state index is 15.0. The summed E-state index contributed by atoms with van der Waals surface area (Å²) in [7, 11) is 0. The number of amides is 1. The molecular formula is C26H28FN7O2. The van der Waals surface area contributed by atoms with Crippen molar-refractivity contribution in [2.24, 2.45) is 0 Å². The molecule has 1 saturated heterocycles. The number of piperazine rings is 1. The molecule has 186 valence electrons. The highest BCUT2D eigenvalue weighted by Crippen LogP contribution is 2.38. The van der Waals surface area contributed by atoms with Gasteiger partial charge in [0.15, 0.2) is 5.65 Å². The molecule has 0 bridgehead atoms. The molecule has 36 heavy (non-hydrogen) atoms. The number of rotatable bonds is 3. The van der Waals surface area contributed by atoms with E-state index in [9.17, 15) is 9.18 Å². The van der Waals surface area contributed by atoms with Gasteiger partial charge in [-0.1, -0.05) is 18.2 Å². The Morgan fingerprint density at radius 3 is 2.58 bits per heavy atom. The van der Waals surface area contributed by atoms with E-state index in [1.165, 1.54) is 12.4 Å². The molecule has 0 aliphatic carbocycles. The number of nitrogens with zero attached hydrogens (tertiary/aromatic N) is 7. The van der Waals surface area contributed by atoms with Gasteiger partial charge in [-0.05, 0) is 39.8 Å². The van der Waals surface area contributed by atoms with Crippen LogP contribution in [-0.4, -0.2) is 67.0 Å². The number of ether oxygens (including phenoxy) is 1. The van der Waals surface area contributed by atoms with E-state index in [0.29, 0.717) is 42.2 Å². The molecule has 1 aliphatic heterocycles. The minimum Gasteiger partial charge on any atom is -0.444 e. The highest BCUT2D eigenvalue weighted by atomic mass is 19.1. The van der Waals surface area contributed by atoms with E-state index in [4.69, 9.17) is 4.74 Å². The number of fused-ring (bicyclic) bond motifs is 1. The van der Waals surface area contributed by atoms with Gasteiger partial charge in [-0.2, -0.15) is 10.2 Å². The zero-order valence-corrected chi connectivity index (χ0v) is 20.7. The molecule has 4 heterocycles. The number of aromatic nitrogens is 5. The van der Waals surface area contributed by atoms with Crippen LogP contribution in [0.4, 0.5) is 15.0 Å². The predicted octanol–water partition coefficient (Wildman–Crippen LogP) is 4.46. The first kappa shape index (κ1) is 23.7. The van der Waals surface area contributed by atoms with Crippen LogP contribution in [0.5, 0.6) is 0 Å². The second-order valence-electron chi connectivity index (χ2n) is 9.86. The van der Waals surface area contributed by atoms with Crippen molar-refractivity contribution in [2.75, 3.05) is 24.5 Å². The molecule has 1 fully saturated rings. The lowest BCUT2D eigenvalue weighted by atomic mass is 10.0. The summed E-state index contributed by atoms with van der Waals surface area (Å²) in [5, 5.41) is 8.59. The third kappa shape index (κ3) is 4.46. The molecule has 9 nitrogen and oxygen atoms in total. The molecule has 3 aromatic heterocycles. The number of carbonyl (C=O) groups excluding carboxylic acids is 1. The summed E-state index contributed by atoms with van der Waals surface area (Å²) in [5.41, 5.74) is 1.96. The van der Waals surface area contributed by atoms with Crippen LogP contribution in [0.25, 0.3) is 27.8 Å². The van der Waals surface area contributed by atoms with E-state index in [-0.39, 0.29) is 18.0 Å². The number of benzene rings is 1. The van der Waals surface area contributed by atoms with Gasteiger partial charge >= 0.3 is 6.09 Å². The largest absolute Gasteiger partial charge is 0.444 e. The lowest BCUT2D eigenvalue weighted by Crippen LogP contribution is -2.54. The first-order valence-electron chi connectivity index (χ1n) is 11.9. The fraction of sp³-hybridized carbons (Fsp3) is 0.346. The molecule has 1 aromatic carbocycles. The lowest BCUT2D eigenvalue weighted by molar-refractivity contribution is 0.0218. The number of halogens is 1.